The number of carboxylic acid groups (broad SMARTS) is 5. The van der Waals surface area contributed by atoms with Crippen molar-refractivity contribution in [3.8, 4) is 23.0 Å². The number of hydrogen-bond acceptors (Lipinski definition) is 19. The van der Waals surface area contributed by atoms with E-state index in [0.29, 0.717) is 60.2 Å². The van der Waals surface area contributed by atoms with Gasteiger partial charge in [0.15, 0.2) is 0 Å². The van der Waals surface area contributed by atoms with E-state index in [1.165, 1.54) is 14.7 Å². The first-order valence-corrected chi connectivity index (χ1v) is 21.3. The molecule has 66 heavy (non-hydrogen) atoms. The fourth-order valence-electron chi connectivity index (χ4n) is 5.98. The van der Waals surface area contributed by atoms with Gasteiger partial charge in [-0.15, -0.1) is 0 Å². The van der Waals surface area contributed by atoms with E-state index in [1.54, 1.807) is 36.4 Å². The van der Waals surface area contributed by atoms with Crippen LogP contribution < -0.4 is 55.1 Å². The maximum Gasteiger partial charge on any atom is 3.00 e. The van der Waals surface area contributed by atoms with Crippen molar-refractivity contribution >= 4 is 41.7 Å². The van der Waals surface area contributed by atoms with Gasteiger partial charge in [-0.3, -0.25) is 24.3 Å². The number of carboxylic acids is 5. The van der Waals surface area contributed by atoms with Gasteiger partial charge >= 0.3 is 39.9 Å². The third kappa shape index (κ3) is 27.6. The van der Waals surface area contributed by atoms with Crippen LogP contribution in [0, 0.1) is 51.8 Å². The van der Waals surface area contributed by atoms with Crippen LogP contribution in [-0.2, 0) is 46.4 Å². The second kappa shape index (κ2) is 32.7. The molecule has 2 N–H and O–H groups in total. The first kappa shape index (κ1) is 59.2. The van der Waals surface area contributed by atoms with Crippen LogP contribution in [-0.4, -0.2) is 155 Å². The summed E-state index contributed by atoms with van der Waals surface area (Å²) in [5, 5.41) is 62.5. The summed E-state index contributed by atoms with van der Waals surface area (Å²) < 4.78 is 22.8. The Kier molecular flexibility index (Phi) is 29.3. The average molecular weight is 1070 g/mol. The number of nitrogens with one attached hydrogen (secondary N) is 2. The largest absolute Gasteiger partial charge is 3.00 e. The summed E-state index contributed by atoms with van der Waals surface area (Å²) in [6, 6.07) is 9.60. The van der Waals surface area contributed by atoms with E-state index in [2.05, 4.69) is 10.6 Å². The quantitative estimate of drug-likeness (QED) is 0.0604. The summed E-state index contributed by atoms with van der Waals surface area (Å²) in [7, 11) is 0. The maximum absolute atomic E-state index is 12.8. The molecule has 0 fully saturated rings. The number of carbonyl (C=O) groups excluding carboxylic acids is 7. The van der Waals surface area contributed by atoms with Crippen molar-refractivity contribution in [1.82, 2.24) is 25.3 Å². The molecule has 0 bridgehead atoms. The Morgan fingerprint density at radius 1 is 0.500 bits per heavy atom. The summed E-state index contributed by atoms with van der Waals surface area (Å²) in [6.07, 6.45) is -0.202. The zero-order valence-electron chi connectivity index (χ0n) is 37.8. The molecule has 0 aliphatic carbocycles. The number of carbonyl (C=O) groups is 7. The Morgan fingerprint density at radius 3 is 1.18 bits per heavy atom. The summed E-state index contributed by atoms with van der Waals surface area (Å²) >= 11 is 0. The van der Waals surface area contributed by atoms with Crippen LogP contribution >= 0.6 is 0 Å². The van der Waals surface area contributed by atoms with Gasteiger partial charge in [0.2, 0.25) is 11.8 Å². The molecule has 0 atom stereocenters. The standard InChI is InChI=1S/C44H65N5O16.Gd/c1-30(2)28-64-34-7-9-36(32(19-34)21-40(52)53)62-17-5-11-45-38(50)23-48(26-43(58)59)15-13-47(25-42(56)57)14-16-49(27-44(60)61)24-39(51)46-12-6-18-63-37-10-8-35(65-29-31(3)4)20-33(37)22-41(54)55;/h7-10,19-20,30-31H,5-6,11-18,21-29H2,1-4H3,(H,45,50)(H,46,51)(H,52,53)(H,54,55)(H,56,57)(H,58,59)(H,60,61);/q;+3/p-5. The molecule has 21 nitrogen and oxygen atoms in total. The molecule has 1 radical (unpaired) electrons. The van der Waals surface area contributed by atoms with Crippen LogP contribution in [0.25, 0.3) is 0 Å². The van der Waals surface area contributed by atoms with Crippen molar-refractivity contribution in [2.24, 2.45) is 11.8 Å². The molecule has 0 spiro atoms. The molecule has 2 amide bonds. The van der Waals surface area contributed by atoms with Crippen LogP contribution in [0.1, 0.15) is 51.7 Å². The van der Waals surface area contributed by atoms with Crippen molar-refractivity contribution in [2.75, 3.05) is 98.4 Å². The third-order valence-corrected chi connectivity index (χ3v) is 8.96. The Labute approximate surface area is 416 Å². The van der Waals surface area contributed by atoms with Crippen molar-refractivity contribution in [1.29, 1.82) is 0 Å². The van der Waals surface area contributed by atoms with Crippen molar-refractivity contribution in [3.05, 3.63) is 47.5 Å². The molecule has 0 aliphatic heterocycles. The molecule has 2 aromatic rings. The van der Waals surface area contributed by atoms with Gasteiger partial charge in [-0.05, 0) is 61.1 Å². The molecule has 367 valence electrons. The SMILES string of the molecule is CC(C)COc1ccc(OCCCNC(=O)CN(CCN(CCN(CC(=O)[O-])CC(=O)NCCCOc2ccc(OCC(C)C)cc2CC(=O)[O-])CC(=O)[O-])CC(=O)[O-])c(CC(=O)[O-])c1.[Gd+3]. The minimum atomic E-state index is -1.50. The predicted molar refractivity (Wildman–Crippen MR) is 222 cm³/mol. The van der Waals surface area contributed by atoms with E-state index in [4.69, 9.17) is 18.9 Å². The van der Waals surface area contributed by atoms with Gasteiger partial charge in [0, 0.05) is 94.8 Å². The summed E-state index contributed by atoms with van der Waals surface area (Å²) in [4.78, 5) is 86.5. The van der Waals surface area contributed by atoms with E-state index < -0.39 is 87.2 Å². The monoisotopic (exact) mass is 1070 g/mol. The fraction of sp³-hybridized carbons (Fsp3) is 0.568. The Hall–Kier alpha value is -4.87. The summed E-state index contributed by atoms with van der Waals surface area (Å²) in [5.41, 5.74) is 0.710. The predicted octanol–water partition coefficient (Wildman–Crippen LogP) is -5.03. The second-order valence-corrected chi connectivity index (χ2v) is 16.0. The Bertz CT molecular complexity index is 1740. The summed E-state index contributed by atoms with van der Waals surface area (Å²) in [5.74, 6) is -6.10. The molecule has 0 saturated carbocycles. The molecule has 22 heteroatoms. The topological polar surface area (TPSA) is 305 Å². The van der Waals surface area contributed by atoms with E-state index in [0.717, 1.165) is 0 Å². The van der Waals surface area contributed by atoms with Gasteiger partial charge in [-0.25, -0.2) is 0 Å². The molecule has 2 aromatic carbocycles. The Balaban J connectivity index is 0.0000218. The van der Waals surface area contributed by atoms with E-state index in [-0.39, 0.29) is 104 Å². The number of aliphatic carboxylic acids is 5. The molecule has 0 heterocycles. The zero-order valence-corrected chi connectivity index (χ0v) is 40.0. The van der Waals surface area contributed by atoms with Gasteiger partial charge in [-0.2, -0.15) is 0 Å². The average Bonchev–Trinajstić information content (AvgIpc) is 3.20. The van der Waals surface area contributed by atoms with Crippen LogP contribution in [0.2, 0.25) is 0 Å². The molecule has 0 aromatic heterocycles. The van der Waals surface area contributed by atoms with Crippen LogP contribution in [0.4, 0.5) is 0 Å². The van der Waals surface area contributed by atoms with Gasteiger partial charge in [0.25, 0.3) is 0 Å². The fourth-order valence-corrected chi connectivity index (χ4v) is 5.98. The van der Waals surface area contributed by atoms with Crippen molar-refractivity contribution < 1.29 is 118 Å². The molecular formula is C44H60GdN5O16-2. The smallest absolute Gasteiger partial charge is 0.550 e. The minimum absolute atomic E-state index is 0. The van der Waals surface area contributed by atoms with Gasteiger partial charge in [0.1, 0.15) is 23.0 Å². The van der Waals surface area contributed by atoms with Crippen molar-refractivity contribution in [3.63, 3.8) is 0 Å². The minimum Gasteiger partial charge on any atom is -0.550 e. The van der Waals surface area contributed by atoms with Gasteiger partial charge in [-0.1, -0.05) is 27.7 Å². The first-order valence-electron chi connectivity index (χ1n) is 21.3. The molecule has 2 rings (SSSR count). The number of amides is 2. The Morgan fingerprint density at radius 2 is 0.848 bits per heavy atom. The number of ether oxygens (including phenoxy) is 4. The van der Waals surface area contributed by atoms with Crippen LogP contribution in [0.3, 0.4) is 0 Å². The first-order chi connectivity index (χ1) is 30.8. The zero-order chi connectivity index (χ0) is 48.3. The van der Waals surface area contributed by atoms with Crippen molar-refractivity contribution in [2.45, 2.75) is 53.4 Å². The molecule has 0 aliphatic rings. The van der Waals surface area contributed by atoms with E-state index >= 15 is 0 Å². The summed E-state index contributed by atoms with van der Waals surface area (Å²) in [6.45, 7) is 5.99. The number of benzene rings is 2. The molecule has 0 saturated heterocycles. The van der Waals surface area contributed by atoms with Gasteiger partial charge < -0.3 is 79.1 Å². The van der Waals surface area contributed by atoms with E-state index in [9.17, 15) is 59.1 Å². The second-order valence-electron chi connectivity index (χ2n) is 16.0. The molecular weight excluding hydrogens is 1010 g/mol. The maximum atomic E-state index is 12.8. The van der Waals surface area contributed by atoms with Gasteiger partial charge in [0.05, 0.1) is 57.4 Å². The normalized spacial score (nSPS) is 11.0. The molecule has 0 unspecified atom stereocenters. The van der Waals surface area contributed by atoms with Crippen LogP contribution in [0.15, 0.2) is 36.4 Å². The number of rotatable bonds is 36. The number of nitrogens with zero attached hydrogens (tertiary/aromatic N) is 3. The van der Waals surface area contributed by atoms with E-state index in [1.807, 2.05) is 27.7 Å². The van der Waals surface area contributed by atoms with Crippen LogP contribution in [0.5, 0.6) is 23.0 Å². The third-order valence-electron chi connectivity index (χ3n) is 8.96. The number of hydrogen-bond donors (Lipinski definition) is 2.